The third kappa shape index (κ3) is 2.64. The highest BCUT2D eigenvalue weighted by Gasteiger charge is 2.49. The van der Waals surface area contributed by atoms with Crippen molar-refractivity contribution in [3.05, 3.63) is 23.8 Å². The number of nitrogens with two attached hydrogens (primary N) is 1. The predicted octanol–water partition coefficient (Wildman–Crippen LogP) is 2.71. The molecule has 4 nitrogen and oxygen atoms in total. The monoisotopic (exact) mass is 288 g/mol. The SMILES string of the molecule is CCOc1cc(C)ccc1NC(=O)C1C2CCC(C2)C1N. The van der Waals surface area contributed by atoms with Crippen molar-refractivity contribution < 1.29 is 9.53 Å². The van der Waals surface area contributed by atoms with E-state index >= 15 is 0 Å². The van der Waals surface area contributed by atoms with Crippen LogP contribution < -0.4 is 15.8 Å². The molecular weight excluding hydrogens is 264 g/mol. The lowest BCUT2D eigenvalue weighted by Gasteiger charge is -2.27. The van der Waals surface area contributed by atoms with Crippen LogP contribution in [0.2, 0.25) is 0 Å². The van der Waals surface area contributed by atoms with Crippen LogP contribution in [0.3, 0.4) is 0 Å². The van der Waals surface area contributed by atoms with E-state index in [0.29, 0.717) is 18.4 Å². The first-order valence-corrected chi connectivity index (χ1v) is 7.90. The zero-order valence-corrected chi connectivity index (χ0v) is 12.8. The Balaban J connectivity index is 1.76. The largest absolute Gasteiger partial charge is 0.492 e. The smallest absolute Gasteiger partial charge is 0.229 e. The van der Waals surface area contributed by atoms with E-state index in [9.17, 15) is 4.79 Å². The van der Waals surface area contributed by atoms with Crippen LogP contribution in [0.15, 0.2) is 18.2 Å². The number of benzene rings is 1. The molecule has 0 radical (unpaired) electrons. The third-order valence-electron chi connectivity index (χ3n) is 4.98. The van der Waals surface area contributed by atoms with Crippen molar-refractivity contribution in [3.8, 4) is 5.75 Å². The summed E-state index contributed by atoms with van der Waals surface area (Å²) in [7, 11) is 0. The van der Waals surface area contributed by atoms with Crippen LogP contribution in [0.4, 0.5) is 5.69 Å². The molecule has 3 rings (SSSR count). The van der Waals surface area contributed by atoms with E-state index in [1.54, 1.807) is 0 Å². The Morgan fingerprint density at radius 1 is 1.38 bits per heavy atom. The van der Waals surface area contributed by atoms with Crippen molar-refractivity contribution in [2.45, 2.75) is 39.2 Å². The molecule has 2 aliphatic rings. The van der Waals surface area contributed by atoms with Gasteiger partial charge in [-0.15, -0.1) is 0 Å². The minimum Gasteiger partial charge on any atom is -0.492 e. The molecule has 0 aliphatic heterocycles. The Bertz CT molecular complexity index is 542. The minimum atomic E-state index is -0.0421. The van der Waals surface area contributed by atoms with E-state index in [2.05, 4.69) is 5.32 Å². The van der Waals surface area contributed by atoms with E-state index in [4.69, 9.17) is 10.5 Å². The predicted molar refractivity (Wildman–Crippen MR) is 83.3 cm³/mol. The molecule has 4 atom stereocenters. The first-order valence-electron chi connectivity index (χ1n) is 7.90. The van der Waals surface area contributed by atoms with Gasteiger partial charge in [-0.3, -0.25) is 4.79 Å². The highest BCUT2D eigenvalue weighted by atomic mass is 16.5. The molecule has 1 amide bonds. The first-order chi connectivity index (χ1) is 10.1. The number of hydrogen-bond donors (Lipinski definition) is 2. The van der Waals surface area contributed by atoms with Crippen LogP contribution in [0.1, 0.15) is 31.7 Å². The molecular formula is C17H24N2O2. The number of rotatable bonds is 4. The molecule has 4 unspecified atom stereocenters. The average molecular weight is 288 g/mol. The van der Waals surface area contributed by atoms with Crippen molar-refractivity contribution in [2.24, 2.45) is 23.5 Å². The second-order valence-corrected chi connectivity index (χ2v) is 6.36. The molecule has 0 aromatic heterocycles. The molecule has 1 aromatic carbocycles. The fourth-order valence-corrected chi connectivity index (χ4v) is 3.95. The molecule has 0 heterocycles. The standard InChI is InChI=1S/C17H24N2O2/c1-3-21-14-8-10(2)4-7-13(14)19-17(20)15-11-5-6-12(9-11)16(15)18/h4,7-8,11-12,15-16H,3,5-6,9,18H2,1-2H3,(H,19,20). The summed E-state index contributed by atoms with van der Waals surface area (Å²) in [5.74, 6) is 1.75. The highest BCUT2D eigenvalue weighted by Crippen LogP contribution is 2.48. The molecule has 2 saturated carbocycles. The first kappa shape index (κ1) is 14.4. The third-order valence-corrected chi connectivity index (χ3v) is 4.98. The zero-order chi connectivity index (χ0) is 15.0. The number of ether oxygens (including phenoxy) is 1. The molecule has 2 aliphatic carbocycles. The maximum Gasteiger partial charge on any atom is 0.229 e. The number of anilines is 1. The van der Waals surface area contributed by atoms with Gasteiger partial charge in [-0.05, 0) is 62.6 Å². The van der Waals surface area contributed by atoms with Gasteiger partial charge in [-0.25, -0.2) is 0 Å². The number of amides is 1. The molecule has 2 bridgehead atoms. The van der Waals surface area contributed by atoms with Crippen molar-refractivity contribution in [2.75, 3.05) is 11.9 Å². The van der Waals surface area contributed by atoms with Crippen LogP contribution in [-0.4, -0.2) is 18.6 Å². The van der Waals surface area contributed by atoms with Gasteiger partial charge in [0, 0.05) is 6.04 Å². The zero-order valence-electron chi connectivity index (χ0n) is 12.8. The number of aryl methyl sites for hydroxylation is 1. The van der Waals surface area contributed by atoms with E-state index in [1.807, 2.05) is 32.0 Å². The van der Waals surface area contributed by atoms with Crippen LogP contribution in [0, 0.1) is 24.7 Å². The van der Waals surface area contributed by atoms with Crippen LogP contribution in [0.25, 0.3) is 0 Å². The second kappa shape index (κ2) is 5.68. The fraction of sp³-hybridized carbons (Fsp3) is 0.588. The summed E-state index contributed by atoms with van der Waals surface area (Å²) in [4.78, 5) is 12.6. The van der Waals surface area contributed by atoms with E-state index in [-0.39, 0.29) is 17.9 Å². The topological polar surface area (TPSA) is 64.3 Å². The molecule has 114 valence electrons. The highest BCUT2D eigenvalue weighted by molar-refractivity contribution is 5.95. The van der Waals surface area contributed by atoms with Gasteiger partial charge < -0.3 is 15.8 Å². The van der Waals surface area contributed by atoms with Crippen LogP contribution in [-0.2, 0) is 4.79 Å². The molecule has 4 heteroatoms. The van der Waals surface area contributed by atoms with E-state index in [1.165, 1.54) is 6.42 Å². The molecule has 2 fully saturated rings. The van der Waals surface area contributed by atoms with Gasteiger partial charge in [-0.2, -0.15) is 0 Å². The van der Waals surface area contributed by atoms with Gasteiger partial charge in [-0.1, -0.05) is 6.07 Å². The Morgan fingerprint density at radius 2 is 2.14 bits per heavy atom. The minimum absolute atomic E-state index is 0.0183. The summed E-state index contributed by atoms with van der Waals surface area (Å²) >= 11 is 0. The van der Waals surface area contributed by atoms with Crippen molar-refractivity contribution >= 4 is 11.6 Å². The van der Waals surface area contributed by atoms with Gasteiger partial charge in [0.15, 0.2) is 0 Å². The van der Waals surface area contributed by atoms with E-state index in [0.717, 1.165) is 29.8 Å². The summed E-state index contributed by atoms with van der Waals surface area (Å²) in [6.45, 7) is 4.54. The summed E-state index contributed by atoms with van der Waals surface area (Å²) in [5, 5.41) is 3.04. The lowest BCUT2D eigenvalue weighted by molar-refractivity contribution is -0.121. The molecule has 0 spiro atoms. The quantitative estimate of drug-likeness (QED) is 0.895. The van der Waals surface area contributed by atoms with Crippen LogP contribution >= 0.6 is 0 Å². The van der Waals surface area contributed by atoms with Gasteiger partial charge in [0.25, 0.3) is 0 Å². The second-order valence-electron chi connectivity index (χ2n) is 6.36. The van der Waals surface area contributed by atoms with Gasteiger partial charge >= 0.3 is 0 Å². The number of carbonyl (C=O) groups is 1. The Hall–Kier alpha value is -1.55. The maximum atomic E-state index is 12.6. The Labute approximate surface area is 126 Å². The Morgan fingerprint density at radius 3 is 2.81 bits per heavy atom. The maximum absolute atomic E-state index is 12.6. The summed E-state index contributed by atoms with van der Waals surface area (Å²) in [5.41, 5.74) is 8.12. The normalized spacial score (nSPS) is 30.4. The summed E-state index contributed by atoms with van der Waals surface area (Å²) in [6, 6.07) is 5.88. The number of nitrogens with one attached hydrogen (secondary N) is 1. The Kier molecular flexibility index (Phi) is 3.89. The van der Waals surface area contributed by atoms with Crippen molar-refractivity contribution in [1.29, 1.82) is 0 Å². The van der Waals surface area contributed by atoms with Crippen LogP contribution in [0.5, 0.6) is 5.75 Å². The molecule has 1 aromatic rings. The van der Waals surface area contributed by atoms with E-state index < -0.39 is 0 Å². The van der Waals surface area contributed by atoms with Gasteiger partial charge in [0.05, 0.1) is 18.2 Å². The summed E-state index contributed by atoms with van der Waals surface area (Å²) < 4.78 is 5.62. The summed E-state index contributed by atoms with van der Waals surface area (Å²) in [6.07, 6.45) is 3.44. The van der Waals surface area contributed by atoms with Gasteiger partial charge in [0.2, 0.25) is 5.91 Å². The number of fused-ring (bicyclic) bond motifs is 2. The molecule has 3 N–H and O–H groups in total. The number of carbonyl (C=O) groups excluding carboxylic acids is 1. The lowest BCUT2D eigenvalue weighted by Crippen LogP contribution is -2.42. The van der Waals surface area contributed by atoms with Crippen molar-refractivity contribution in [3.63, 3.8) is 0 Å². The average Bonchev–Trinajstić information content (AvgIpc) is 3.02. The lowest BCUT2D eigenvalue weighted by atomic mass is 9.84. The van der Waals surface area contributed by atoms with Crippen molar-refractivity contribution in [1.82, 2.24) is 0 Å². The number of hydrogen-bond acceptors (Lipinski definition) is 3. The fourth-order valence-electron chi connectivity index (χ4n) is 3.95. The molecule has 0 saturated heterocycles. The molecule has 21 heavy (non-hydrogen) atoms. The van der Waals surface area contributed by atoms with Gasteiger partial charge in [0.1, 0.15) is 5.75 Å².